The highest BCUT2D eigenvalue weighted by Gasteiger charge is 2.21. The number of para-hydroxylation sites is 2. The number of hydrogen-bond acceptors (Lipinski definition) is 0. The largest absolute Gasteiger partial charge is 0.305 e. The van der Waals surface area contributed by atoms with Gasteiger partial charge in [0.2, 0.25) is 0 Å². The van der Waals surface area contributed by atoms with Crippen molar-refractivity contribution in [3.05, 3.63) is 132 Å². The van der Waals surface area contributed by atoms with Crippen molar-refractivity contribution in [3.63, 3.8) is 0 Å². The van der Waals surface area contributed by atoms with E-state index >= 15 is 0 Å². The molecule has 39 heavy (non-hydrogen) atoms. The van der Waals surface area contributed by atoms with E-state index in [1.165, 1.54) is 65.8 Å². The minimum atomic E-state index is 0.749. The second kappa shape index (κ2) is 7.63. The van der Waals surface area contributed by atoms with Crippen LogP contribution in [0.3, 0.4) is 0 Å². The normalized spacial score (nSPS) is 12.2. The van der Waals surface area contributed by atoms with Crippen molar-refractivity contribution in [2.75, 3.05) is 0 Å². The summed E-state index contributed by atoms with van der Waals surface area (Å²) in [6.07, 6.45) is 0. The molecule has 0 amide bonds. The van der Waals surface area contributed by atoms with Crippen LogP contribution in [0.25, 0.3) is 76.9 Å². The van der Waals surface area contributed by atoms with Crippen LogP contribution >= 0.6 is 11.6 Å². The van der Waals surface area contributed by atoms with Crippen molar-refractivity contribution in [2.45, 2.75) is 0 Å². The first-order chi connectivity index (χ1) is 19.3. The summed E-state index contributed by atoms with van der Waals surface area (Å²) in [5.41, 5.74) is 12.1. The maximum atomic E-state index is 6.31. The van der Waals surface area contributed by atoms with Crippen LogP contribution in [-0.4, -0.2) is 8.80 Å². The Hall–Kier alpha value is -4.79. The molecule has 3 aromatic heterocycles. The van der Waals surface area contributed by atoms with E-state index in [1.54, 1.807) is 0 Å². The summed E-state index contributed by atoms with van der Waals surface area (Å²) in [6, 6.07) is 45.8. The lowest BCUT2D eigenvalue weighted by atomic mass is 9.98. The first-order valence-electron chi connectivity index (χ1n) is 13.2. The number of benzene rings is 6. The van der Waals surface area contributed by atoms with Gasteiger partial charge in [-0.1, -0.05) is 96.5 Å². The number of fused-ring (bicyclic) bond motifs is 9. The van der Waals surface area contributed by atoms with Crippen molar-refractivity contribution in [3.8, 4) is 22.3 Å². The average Bonchev–Trinajstić information content (AvgIpc) is 3.51. The number of nitrogens with zero attached hydrogens (tertiary/aromatic N) is 2. The smallest absolute Gasteiger partial charge is 0.0789 e. The van der Waals surface area contributed by atoms with Crippen LogP contribution in [0.5, 0.6) is 0 Å². The lowest BCUT2D eigenvalue weighted by molar-refractivity contribution is 1.26. The minimum absolute atomic E-state index is 0.749. The molecule has 0 unspecified atom stereocenters. The molecule has 0 atom stereocenters. The number of rotatable bonds is 2. The Labute approximate surface area is 229 Å². The third-order valence-electron chi connectivity index (χ3n) is 8.28. The van der Waals surface area contributed by atoms with Gasteiger partial charge in [-0.2, -0.15) is 0 Å². The van der Waals surface area contributed by atoms with E-state index < -0.39 is 0 Å². The molecule has 3 heterocycles. The van der Waals surface area contributed by atoms with Crippen molar-refractivity contribution in [2.24, 2.45) is 0 Å². The Kier molecular flexibility index (Phi) is 4.14. The minimum Gasteiger partial charge on any atom is -0.305 e. The maximum absolute atomic E-state index is 6.31. The molecule has 9 rings (SSSR count). The lowest BCUT2D eigenvalue weighted by Gasteiger charge is -2.13. The summed E-state index contributed by atoms with van der Waals surface area (Å²) < 4.78 is 4.94. The van der Waals surface area contributed by atoms with Crippen LogP contribution < -0.4 is 0 Å². The second-order valence-electron chi connectivity index (χ2n) is 10.4. The quantitative estimate of drug-likeness (QED) is 0.202. The molecular weight excluding hydrogens is 496 g/mol. The Balaban J connectivity index is 1.43. The van der Waals surface area contributed by atoms with Gasteiger partial charge in [-0.3, -0.25) is 0 Å². The van der Waals surface area contributed by atoms with Gasteiger partial charge in [0.1, 0.15) is 0 Å². The molecule has 0 spiro atoms. The van der Waals surface area contributed by atoms with Gasteiger partial charge < -0.3 is 8.80 Å². The van der Waals surface area contributed by atoms with Crippen LogP contribution in [0.1, 0.15) is 0 Å². The van der Waals surface area contributed by atoms with Crippen molar-refractivity contribution >= 4 is 66.2 Å². The van der Waals surface area contributed by atoms with Gasteiger partial charge in [-0.25, -0.2) is 0 Å². The third kappa shape index (κ3) is 2.81. The summed E-state index contributed by atoms with van der Waals surface area (Å²) in [5, 5.41) is 5.91. The number of halogens is 1. The topological polar surface area (TPSA) is 8.82 Å². The van der Waals surface area contributed by atoms with Gasteiger partial charge in [0.25, 0.3) is 0 Å². The fourth-order valence-electron chi connectivity index (χ4n) is 6.62. The van der Waals surface area contributed by atoms with Crippen LogP contribution in [-0.2, 0) is 0 Å². The third-order valence-corrected chi connectivity index (χ3v) is 8.51. The van der Waals surface area contributed by atoms with Gasteiger partial charge in [-0.15, -0.1) is 0 Å². The van der Waals surface area contributed by atoms with Crippen molar-refractivity contribution < 1.29 is 0 Å². The summed E-state index contributed by atoms with van der Waals surface area (Å²) in [6.45, 7) is 0. The van der Waals surface area contributed by atoms with Crippen LogP contribution in [0.15, 0.2) is 127 Å². The highest BCUT2D eigenvalue weighted by Crippen LogP contribution is 2.42. The monoisotopic (exact) mass is 516 g/mol. The number of hydrogen-bond donors (Lipinski definition) is 0. The Morgan fingerprint density at radius 3 is 1.54 bits per heavy atom. The molecule has 0 bridgehead atoms. The van der Waals surface area contributed by atoms with Gasteiger partial charge in [0.15, 0.2) is 0 Å². The predicted octanol–water partition coefficient (Wildman–Crippen LogP) is 10.2. The van der Waals surface area contributed by atoms with Crippen LogP contribution in [0, 0.1) is 0 Å². The van der Waals surface area contributed by atoms with Crippen LogP contribution in [0.2, 0.25) is 5.02 Å². The van der Waals surface area contributed by atoms with Gasteiger partial charge in [0.05, 0.1) is 33.1 Å². The molecule has 9 aromatic rings. The average molecular weight is 517 g/mol. The van der Waals surface area contributed by atoms with Gasteiger partial charge in [0, 0.05) is 26.6 Å². The molecular formula is C36H21ClN2. The highest BCUT2D eigenvalue weighted by molar-refractivity contribution is 6.31. The summed E-state index contributed by atoms with van der Waals surface area (Å²) in [5.74, 6) is 0. The lowest BCUT2D eigenvalue weighted by Crippen LogP contribution is -1.97. The molecule has 0 aliphatic rings. The van der Waals surface area contributed by atoms with E-state index in [-0.39, 0.29) is 0 Å². The summed E-state index contributed by atoms with van der Waals surface area (Å²) in [7, 11) is 0. The first-order valence-corrected chi connectivity index (χ1v) is 13.6. The van der Waals surface area contributed by atoms with Crippen molar-refractivity contribution in [1.82, 2.24) is 8.80 Å². The highest BCUT2D eigenvalue weighted by atomic mass is 35.5. The summed E-state index contributed by atoms with van der Waals surface area (Å²) in [4.78, 5) is 0. The molecule has 0 saturated carbocycles. The van der Waals surface area contributed by atoms with E-state index in [0.717, 1.165) is 16.1 Å². The zero-order valence-corrected chi connectivity index (χ0v) is 21.7. The molecule has 0 aliphatic carbocycles. The molecule has 0 fully saturated rings. The fraction of sp³-hybridized carbons (Fsp3) is 0. The predicted molar refractivity (Wildman–Crippen MR) is 165 cm³/mol. The first kappa shape index (κ1) is 21.2. The van der Waals surface area contributed by atoms with E-state index in [4.69, 9.17) is 11.6 Å². The molecule has 0 aliphatic heterocycles. The molecule has 182 valence electrons. The molecule has 3 heteroatoms. The zero-order valence-electron chi connectivity index (χ0n) is 20.9. The standard InChI is InChI=1S/C36H21ClN2/c37-26-10-6-9-24(20-26)22-7-5-8-23(19-22)25-15-18-33-34(21-25)39-32-14-4-2-12-28(32)30-17-16-29-27-11-1-3-13-31(27)38(33)35(29)36(30)39/h1-21H. The van der Waals surface area contributed by atoms with E-state index in [9.17, 15) is 0 Å². The molecule has 2 nitrogen and oxygen atoms in total. The van der Waals surface area contributed by atoms with Crippen molar-refractivity contribution in [1.29, 1.82) is 0 Å². The Morgan fingerprint density at radius 1 is 0.359 bits per heavy atom. The van der Waals surface area contributed by atoms with Gasteiger partial charge >= 0.3 is 0 Å². The molecule has 0 radical (unpaired) electrons. The molecule has 0 N–H and O–H groups in total. The second-order valence-corrected chi connectivity index (χ2v) is 10.8. The Morgan fingerprint density at radius 2 is 0.897 bits per heavy atom. The molecule has 0 saturated heterocycles. The summed E-state index contributed by atoms with van der Waals surface area (Å²) >= 11 is 6.31. The van der Waals surface area contributed by atoms with E-state index in [1.807, 2.05) is 18.2 Å². The molecule has 6 aromatic carbocycles. The van der Waals surface area contributed by atoms with E-state index in [0.29, 0.717) is 0 Å². The Bertz CT molecular complexity index is 2410. The number of aromatic nitrogens is 2. The fourth-order valence-corrected chi connectivity index (χ4v) is 6.81. The van der Waals surface area contributed by atoms with Gasteiger partial charge in [-0.05, 0) is 64.7 Å². The van der Waals surface area contributed by atoms with E-state index in [2.05, 4.69) is 118 Å². The van der Waals surface area contributed by atoms with Crippen LogP contribution in [0.4, 0.5) is 0 Å². The zero-order chi connectivity index (χ0) is 25.7. The maximum Gasteiger partial charge on any atom is 0.0789 e. The SMILES string of the molecule is Clc1cccc(-c2cccc(-c3ccc4c(c3)n3c5ccccc5c5ccc6c7ccccc7n4c6c53)c2)c1.